The van der Waals surface area contributed by atoms with Crippen LogP contribution in [0.1, 0.15) is 43.5 Å². The molecule has 1 aliphatic rings. The van der Waals surface area contributed by atoms with Gasteiger partial charge in [0.1, 0.15) is 5.82 Å². The fourth-order valence-corrected chi connectivity index (χ4v) is 5.70. The van der Waals surface area contributed by atoms with E-state index >= 15 is 0 Å². The second-order valence-electron chi connectivity index (χ2n) is 6.18. The fraction of sp³-hybridized carbons (Fsp3) is 0.333. The minimum absolute atomic E-state index is 0.0550. The molecule has 1 aromatic carbocycles. The summed E-state index contributed by atoms with van der Waals surface area (Å²) in [5.74, 6) is -1.19. The Kier molecular flexibility index (Phi) is 5.24. The third kappa shape index (κ3) is 3.71. The summed E-state index contributed by atoms with van der Waals surface area (Å²) in [5, 5.41) is -0.961. The molecule has 138 valence electrons. The van der Waals surface area contributed by atoms with Gasteiger partial charge in [-0.25, -0.2) is 12.8 Å². The van der Waals surface area contributed by atoms with Crippen molar-refractivity contribution in [1.82, 2.24) is 4.90 Å². The van der Waals surface area contributed by atoms with Crippen molar-refractivity contribution in [3.63, 3.8) is 0 Å². The van der Waals surface area contributed by atoms with Crippen molar-refractivity contribution in [3.05, 3.63) is 57.5 Å². The first-order valence-electron chi connectivity index (χ1n) is 8.15. The van der Waals surface area contributed by atoms with Crippen LogP contribution in [0.4, 0.5) is 4.39 Å². The van der Waals surface area contributed by atoms with Crippen molar-refractivity contribution in [2.45, 2.75) is 18.6 Å². The van der Waals surface area contributed by atoms with E-state index in [4.69, 9.17) is 0 Å². The molecule has 0 N–H and O–H groups in total. The Balaban J connectivity index is 1.83. The zero-order valence-electron chi connectivity index (χ0n) is 14.1. The van der Waals surface area contributed by atoms with Gasteiger partial charge in [0.05, 0.1) is 20.8 Å². The maximum Gasteiger partial charge on any atom is 0.263 e. The Hall–Kier alpha value is -2.06. The first-order chi connectivity index (χ1) is 12.3. The maximum atomic E-state index is 14.1. The lowest BCUT2D eigenvalue weighted by atomic mass is 10.1. The summed E-state index contributed by atoms with van der Waals surface area (Å²) in [6.45, 7) is 1.70. The largest absolute Gasteiger partial charge is 0.337 e. The minimum Gasteiger partial charge on any atom is -0.337 e. The number of thiophene rings is 1. The molecule has 1 aliphatic heterocycles. The molecule has 2 heterocycles. The summed E-state index contributed by atoms with van der Waals surface area (Å²) in [7, 11) is -3.58. The zero-order valence-corrected chi connectivity index (χ0v) is 15.8. The molecule has 0 radical (unpaired) electrons. The second kappa shape index (κ2) is 7.28. The molecule has 26 heavy (non-hydrogen) atoms. The SMILES string of the molecule is CC(=O)c1ccc(C(=O)N2CC[C@@H](c3ccccc3F)S(=O)(=O)CC2)s1. The highest BCUT2D eigenvalue weighted by atomic mass is 32.2. The van der Waals surface area contributed by atoms with Gasteiger partial charge in [0.15, 0.2) is 15.6 Å². The van der Waals surface area contributed by atoms with Crippen LogP contribution in [0.25, 0.3) is 0 Å². The quantitative estimate of drug-likeness (QED) is 0.749. The number of carbonyl (C=O) groups excluding carboxylic acids is 2. The van der Waals surface area contributed by atoms with E-state index < -0.39 is 20.9 Å². The molecule has 1 fully saturated rings. The average Bonchev–Trinajstić information content (AvgIpc) is 3.03. The number of hydrogen-bond acceptors (Lipinski definition) is 5. The Bertz CT molecular complexity index is 952. The standard InChI is InChI=1S/C18H18FNO4S2/c1-12(21)15-6-7-16(25-15)18(22)20-9-8-17(26(23,24)11-10-20)13-4-2-3-5-14(13)19/h2-7,17H,8-11H2,1H3/t17-/m0/s1. The van der Waals surface area contributed by atoms with E-state index in [1.165, 1.54) is 30.0 Å². The summed E-state index contributed by atoms with van der Waals surface area (Å²) in [5.41, 5.74) is 0.150. The van der Waals surface area contributed by atoms with Crippen LogP contribution in [-0.2, 0) is 9.84 Å². The highest BCUT2D eigenvalue weighted by Crippen LogP contribution is 2.31. The smallest absolute Gasteiger partial charge is 0.263 e. The van der Waals surface area contributed by atoms with Crippen molar-refractivity contribution in [2.75, 3.05) is 18.8 Å². The van der Waals surface area contributed by atoms with Gasteiger partial charge in [-0.15, -0.1) is 11.3 Å². The number of halogens is 1. The van der Waals surface area contributed by atoms with Crippen LogP contribution >= 0.6 is 11.3 Å². The molecule has 0 bridgehead atoms. The average molecular weight is 395 g/mol. The van der Waals surface area contributed by atoms with Crippen LogP contribution in [0.5, 0.6) is 0 Å². The predicted molar refractivity (Wildman–Crippen MR) is 97.8 cm³/mol. The number of benzene rings is 1. The van der Waals surface area contributed by atoms with Crippen LogP contribution in [0.15, 0.2) is 36.4 Å². The summed E-state index contributed by atoms with van der Waals surface area (Å²) < 4.78 is 39.3. The molecule has 2 aromatic rings. The number of sulfone groups is 1. The number of nitrogens with zero attached hydrogens (tertiary/aromatic N) is 1. The molecule has 0 aliphatic carbocycles. The van der Waals surface area contributed by atoms with Crippen LogP contribution in [0.3, 0.4) is 0 Å². The monoisotopic (exact) mass is 395 g/mol. The first-order valence-corrected chi connectivity index (χ1v) is 10.7. The first kappa shape index (κ1) is 18.7. The van der Waals surface area contributed by atoms with E-state index in [1.54, 1.807) is 18.2 Å². The Labute approximate surface area is 155 Å². The predicted octanol–water partition coefficient (Wildman–Crippen LogP) is 3.09. The van der Waals surface area contributed by atoms with Gasteiger partial charge in [0.2, 0.25) is 0 Å². The molecule has 0 unspecified atom stereocenters. The third-order valence-electron chi connectivity index (χ3n) is 4.44. The van der Waals surface area contributed by atoms with Crippen LogP contribution in [-0.4, -0.2) is 43.9 Å². The van der Waals surface area contributed by atoms with E-state index in [0.29, 0.717) is 9.75 Å². The van der Waals surface area contributed by atoms with Gasteiger partial charge in [0.25, 0.3) is 5.91 Å². The van der Waals surface area contributed by atoms with Crippen molar-refractivity contribution in [1.29, 1.82) is 0 Å². The van der Waals surface area contributed by atoms with E-state index in [9.17, 15) is 22.4 Å². The molecular weight excluding hydrogens is 377 g/mol. The molecule has 8 heteroatoms. The molecule has 1 aromatic heterocycles. The number of ketones is 1. The van der Waals surface area contributed by atoms with Crippen molar-refractivity contribution in [2.24, 2.45) is 0 Å². The van der Waals surface area contributed by atoms with Gasteiger partial charge in [-0.1, -0.05) is 18.2 Å². The topological polar surface area (TPSA) is 71.5 Å². The normalized spacial score (nSPS) is 19.8. The van der Waals surface area contributed by atoms with Crippen LogP contribution in [0, 0.1) is 5.82 Å². The van der Waals surface area contributed by atoms with E-state index in [-0.39, 0.29) is 42.5 Å². The lowest BCUT2D eigenvalue weighted by molar-refractivity contribution is 0.0771. The van der Waals surface area contributed by atoms with E-state index in [0.717, 1.165) is 11.3 Å². The lowest BCUT2D eigenvalue weighted by Gasteiger charge is -2.19. The van der Waals surface area contributed by atoms with E-state index in [1.807, 2.05) is 0 Å². The Morgan fingerprint density at radius 3 is 2.46 bits per heavy atom. The van der Waals surface area contributed by atoms with Gasteiger partial charge in [-0.3, -0.25) is 9.59 Å². The van der Waals surface area contributed by atoms with Gasteiger partial charge in [0, 0.05) is 18.7 Å². The highest BCUT2D eigenvalue weighted by Gasteiger charge is 2.34. The number of rotatable bonds is 3. The number of amides is 1. The van der Waals surface area contributed by atoms with Crippen molar-refractivity contribution in [3.8, 4) is 0 Å². The zero-order chi connectivity index (χ0) is 18.9. The summed E-state index contributed by atoms with van der Waals surface area (Å²) in [6.07, 6.45) is 0.139. The van der Waals surface area contributed by atoms with E-state index in [2.05, 4.69) is 0 Å². The molecule has 0 saturated carbocycles. The van der Waals surface area contributed by atoms with Crippen LogP contribution < -0.4 is 0 Å². The summed E-state index contributed by atoms with van der Waals surface area (Å²) in [4.78, 5) is 26.4. The van der Waals surface area contributed by atoms with Gasteiger partial charge in [-0.05, 0) is 31.5 Å². The fourth-order valence-electron chi connectivity index (χ4n) is 3.03. The third-order valence-corrected chi connectivity index (χ3v) is 7.73. The Morgan fingerprint density at radius 2 is 1.81 bits per heavy atom. The molecule has 1 amide bonds. The second-order valence-corrected chi connectivity index (χ2v) is 9.56. The molecule has 0 spiro atoms. The van der Waals surface area contributed by atoms with Crippen LogP contribution in [0.2, 0.25) is 0 Å². The maximum absolute atomic E-state index is 14.1. The summed E-state index contributed by atoms with van der Waals surface area (Å²) in [6, 6.07) is 9.02. The van der Waals surface area contributed by atoms with Gasteiger partial charge in [-0.2, -0.15) is 0 Å². The number of hydrogen-bond donors (Lipinski definition) is 0. The van der Waals surface area contributed by atoms with Crippen molar-refractivity contribution < 1.29 is 22.4 Å². The van der Waals surface area contributed by atoms with Crippen molar-refractivity contribution >= 4 is 32.9 Å². The number of Topliss-reactive ketones (excluding diaryl/α,β-unsaturated/α-hetero) is 1. The number of carbonyl (C=O) groups is 2. The molecule has 1 saturated heterocycles. The molecule has 1 atom stereocenters. The lowest BCUT2D eigenvalue weighted by Crippen LogP contribution is -2.33. The van der Waals surface area contributed by atoms with Gasteiger partial charge < -0.3 is 4.90 Å². The summed E-state index contributed by atoms with van der Waals surface area (Å²) >= 11 is 1.10. The highest BCUT2D eigenvalue weighted by molar-refractivity contribution is 7.91. The van der Waals surface area contributed by atoms with Gasteiger partial charge >= 0.3 is 0 Å². The molecular formula is C18H18FNO4S2. The molecule has 3 rings (SSSR count). The molecule has 5 nitrogen and oxygen atoms in total. The Morgan fingerprint density at radius 1 is 1.12 bits per heavy atom. The minimum atomic E-state index is -3.58.